The molecular formula is C21H29N5O2. The van der Waals surface area contributed by atoms with Crippen molar-refractivity contribution in [3.63, 3.8) is 0 Å². The number of likely N-dealkylation sites (tertiary alicyclic amines) is 1. The van der Waals surface area contributed by atoms with E-state index in [0.717, 1.165) is 43.5 Å². The molecule has 3 rings (SSSR count). The largest absolute Gasteiger partial charge is 0.343 e. The van der Waals surface area contributed by atoms with Gasteiger partial charge >= 0.3 is 6.03 Å². The van der Waals surface area contributed by atoms with Crippen LogP contribution in [-0.2, 0) is 11.3 Å². The van der Waals surface area contributed by atoms with E-state index < -0.39 is 0 Å². The Labute approximate surface area is 166 Å². The molecule has 1 aliphatic rings. The van der Waals surface area contributed by atoms with Crippen LogP contribution in [0.2, 0.25) is 0 Å². The van der Waals surface area contributed by atoms with Gasteiger partial charge in [-0.2, -0.15) is 5.10 Å². The van der Waals surface area contributed by atoms with E-state index >= 15 is 0 Å². The molecule has 3 amide bonds. The second kappa shape index (κ2) is 9.92. The highest BCUT2D eigenvalue weighted by molar-refractivity contribution is 5.76. The normalized spacial score (nSPS) is 14.6. The molecule has 150 valence electrons. The molecule has 1 saturated heterocycles. The van der Waals surface area contributed by atoms with E-state index in [1.165, 1.54) is 0 Å². The van der Waals surface area contributed by atoms with Gasteiger partial charge in [0.1, 0.15) is 0 Å². The minimum atomic E-state index is -0.116. The van der Waals surface area contributed by atoms with Gasteiger partial charge in [0.25, 0.3) is 0 Å². The molecule has 0 atom stereocenters. The first-order valence-electron chi connectivity index (χ1n) is 9.99. The van der Waals surface area contributed by atoms with Gasteiger partial charge in [0.05, 0.1) is 18.4 Å². The molecule has 1 fully saturated rings. The molecular weight excluding hydrogens is 354 g/mol. The summed E-state index contributed by atoms with van der Waals surface area (Å²) in [7, 11) is 1.77. The van der Waals surface area contributed by atoms with Crippen molar-refractivity contribution in [1.82, 2.24) is 24.9 Å². The molecule has 0 radical (unpaired) electrons. The van der Waals surface area contributed by atoms with Crippen molar-refractivity contribution in [3.8, 4) is 5.69 Å². The van der Waals surface area contributed by atoms with Crippen LogP contribution in [0.5, 0.6) is 0 Å². The SMILES string of the molecule is CN(Cc1cnn(-c2ccccc2)c1)C(=O)NCCCN1CCCCCC1=O. The molecule has 0 bridgehead atoms. The van der Waals surface area contributed by atoms with Gasteiger partial charge in [0.2, 0.25) is 5.91 Å². The predicted molar refractivity (Wildman–Crippen MR) is 108 cm³/mol. The highest BCUT2D eigenvalue weighted by Gasteiger charge is 2.16. The minimum Gasteiger partial charge on any atom is -0.343 e. The fourth-order valence-electron chi connectivity index (χ4n) is 3.38. The fourth-order valence-corrected chi connectivity index (χ4v) is 3.38. The van der Waals surface area contributed by atoms with E-state index in [1.807, 2.05) is 41.4 Å². The summed E-state index contributed by atoms with van der Waals surface area (Å²) in [4.78, 5) is 27.9. The van der Waals surface area contributed by atoms with Gasteiger partial charge in [-0.25, -0.2) is 9.48 Å². The first-order valence-corrected chi connectivity index (χ1v) is 9.99. The second-order valence-electron chi connectivity index (χ2n) is 7.26. The van der Waals surface area contributed by atoms with Gasteiger partial charge in [-0.1, -0.05) is 24.6 Å². The minimum absolute atomic E-state index is 0.116. The number of para-hydroxylation sites is 1. The number of hydrogen-bond acceptors (Lipinski definition) is 3. The molecule has 2 heterocycles. The third-order valence-corrected chi connectivity index (χ3v) is 4.98. The zero-order valence-corrected chi connectivity index (χ0v) is 16.5. The van der Waals surface area contributed by atoms with Crippen LogP contribution in [0, 0.1) is 0 Å². The van der Waals surface area contributed by atoms with E-state index in [2.05, 4.69) is 10.4 Å². The summed E-state index contributed by atoms with van der Waals surface area (Å²) in [6, 6.07) is 9.76. The van der Waals surface area contributed by atoms with Crippen molar-refractivity contribution in [1.29, 1.82) is 0 Å². The van der Waals surface area contributed by atoms with Crippen molar-refractivity contribution >= 4 is 11.9 Å². The average molecular weight is 383 g/mol. The number of urea groups is 1. The predicted octanol–water partition coefficient (Wildman–Crippen LogP) is 2.81. The standard InChI is InChI=1S/C21H29N5O2/c1-24(16-18-15-23-26(17-18)19-9-4-2-5-10-19)21(28)22-12-8-14-25-13-7-3-6-11-20(25)27/h2,4-5,9-10,15,17H,3,6-8,11-14,16H2,1H3,(H,22,28). The molecule has 0 unspecified atom stereocenters. The lowest BCUT2D eigenvalue weighted by Crippen LogP contribution is -2.39. The maximum Gasteiger partial charge on any atom is 0.317 e. The lowest BCUT2D eigenvalue weighted by atomic mass is 10.2. The van der Waals surface area contributed by atoms with Crippen molar-refractivity contribution in [2.45, 2.75) is 38.6 Å². The quantitative estimate of drug-likeness (QED) is 0.748. The summed E-state index contributed by atoms with van der Waals surface area (Å²) in [6.45, 7) is 2.62. The third kappa shape index (κ3) is 5.58. The Balaban J connectivity index is 1.40. The van der Waals surface area contributed by atoms with E-state index in [-0.39, 0.29) is 11.9 Å². The smallest absolute Gasteiger partial charge is 0.317 e. The maximum absolute atomic E-state index is 12.3. The van der Waals surface area contributed by atoms with Crippen molar-refractivity contribution < 1.29 is 9.59 Å². The lowest BCUT2D eigenvalue weighted by molar-refractivity contribution is -0.130. The number of benzene rings is 1. The number of rotatable bonds is 7. The van der Waals surface area contributed by atoms with Gasteiger partial charge in [-0.3, -0.25) is 4.79 Å². The third-order valence-electron chi connectivity index (χ3n) is 4.98. The number of aromatic nitrogens is 2. The summed E-state index contributed by atoms with van der Waals surface area (Å²) in [5, 5.41) is 7.29. The first-order chi connectivity index (χ1) is 13.6. The van der Waals surface area contributed by atoms with Gasteiger partial charge in [-0.05, 0) is 31.4 Å². The van der Waals surface area contributed by atoms with E-state index in [1.54, 1.807) is 22.8 Å². The highest BCUT2D eigenvalue weighted by atomic mass is 16.2. The number of carbonyl (C=O) groups excluding carboxylic acids is 2. The molecule has 7 nitrogen and oxygen atoms in total. The van der Waals surface area contributed by atoms with Crippen LogP contribution in [0.15, 0.2) is 42.7 Å². The van der Waals surface area contributed by atoms with Crippen LogP contribution >= 0.6 is 0 Å². The van der Waals surface area contributed by atoms with Crippen molar-refractivity contribution in [2.75, 3.05) is 26.7 Å². The first kappa shape index (κ1) is 19.9. The van der Waals surface area contributed by atoms with Gasteiger partial charge in [0.15, 0.2) is 0 Å². The number of hydrogen-bond donors (Lipinski definition) is 1. The Morgan fingerprint density at radius 3 is 2.86 bits per heavy atom. The summed E-state index contributed by atoms with van der Waals surface area (Å²) in [5.74, 6) is 0.247. The summed E-state index contributed by atoms with van der Waals surface area (Å²) in [5.41, 5.74) is 1.96. The number of nitrogens with zero attached hydrogens (tertiary/aromatic N) is 4. The Bertz CT molecular complexity index is 774. The van der Waals surface area contributed by atoms with Crippen LogP contribution in [-0.4, -0.2) is 58.2 Å². The van der Waals surface area contributed by atoms with Gasteiger partial charge in [0, 0.05) is 44.9 Å². The van der Waals surface area contributed by atoms with Crippen LogP contribution in [0.25, 0.3) is 5.69 Å². The molecule has 0 saturated carbocycles. The summed E-state index contributed by atoms with van der Waals surface area (Å²) < 4.78 is 1.80. The molecule has 1 aliphatic heterocycles. The second-order valence-corrected chi connectivity index (χ2v) is 7.26. The van der Waals surface area contributed by atoms with Gasteiger partial charge < -0.3 is 15.1 Å². The molecule has 0 spiro atoms. The molecule has 2 aromatic rings. The molecule has 0 aliphatic carbocycles. The summed E-state index contributed by atoms with van der Waals surface area (Å²) >= 11 is 0. The average Bonchev–Trinajstić information content (AvgIpc) is 3.08. The molecule has 7 heteroatoms. The van der Waals surface area contributed by atoms with Crippen LogP contribution in [0.3, 0.4) is 0 Å². The Morgan fingerprint density at radius 2 is 2.04 bits per heavy atom. The Morgan fingerprint density at radius 1 is 1.21 bits per heavy atom. The Kier molecular flexibility index (Phi) is 7.06. The monoisotopic (exact) mass is 383 g/mol. The van der Waals surface area contributed by atoms with Crippen molar-refractivity contribution in [2.24, 2.45) is 0 Å². The molecule has 28 heavy (non-hydrogen) atoms. The fraction of sp³-hybridized carbons (Fsp3) is 0.476. The lowest BCUT2D eigenvalue weighted by Gasteiger charge is -2.21. The number of carbonyl (C=O) groups is 2. The van der Waals surface area contributed by atoms with E-state index in [0.29, 0.717) is 26.1 Å². The van der Waals surface area contributed by atoms with Crippen molar-refractivity contribution in [3.05, 3.63) is 48.3 Å². The van der Waals surface area contributed by atoms with Gasteiger partial charge in [-0.15, -0.1) is 0 Å². The Hall–Kier alpha value is -2.83. The molecule has 1 aromatic heterocycles. The zero-order chi connectivity index (χ0) is 19.8. The topological polar surface area (TPSA) is 70.5 Å². The van der Waals surface area contributed by atoms with E-state index in [4.69, 9.17) is 0 Å². The highest BCUT2D eigenvalue weighted by Crippen LogP contribution is 2.11. The zero-order valence-electron chi connectivity index (χ0n) is 16.5. The number of nitrogens with one attached hydrogen (secondary N) is 1. The molecule has 1 aromatic carbocycles. The maximum atomic E-state index is 12.3. The number of amides is 3. The van der Waals surface area contributed by atoms with Crippen LogP contribution in [0.4, 0.5) is 4.79 Å². The van der Waals surface area contributed by atoms with Crippen LogP contribution < -0.4 is 5.32 Å². The summed E-state index contributed by atoms with van der Waals surface area (Å²) in [6.07, 6.45) is 8.36. The van der Waals surface area contributed by atoms with E-state index in [9.17, 15) is 9.59 Å². The van der Waals surface area contributed by atoms with Crippen LogP contribution in [0.1, 0.15) is 37.7 Å². The molecule has 1 N–H and O–H groups in total.